The molecular weight excluding hydrogens is 206 g/mol. The molecule has 16 heavy (non-hydrogen) atoms. The minimum Gasteiger partial charge on any atom is -0.339 e. The maximum absolute atomic E-state index is 10.3. The van der Waals surface area contributed by atoms with Gasteiger partial charge in [0.15, 0.2) is 5.82 Å². The summed E-state index contributed by atoms with van der Waals surface area (Å²) in [5.41, 5.74) is 0. The molecule has 2 heterocycles. The largest absolute Gasteiger partial charge is 0.339 e. The number of carbonyl (C=O) groups is 1. The molecule has 0 amide bonds. The molecule has 1 aromatic rings. The number of hydrogen-bond acceptors (Lipinski definition) is 5. The van der Waals surface area contributed by atoms with Crippen LogP contribution in [-0.2, 0) is 17.6 Å². The molecule has 1 aromatic heterocycles. The van der Waals surface area contributed by atoms with Crippen molar-refractivity contribution in [1.29, 1.82) is 0 Å². The number of hydrogen-bond donors (Lipinski definition) is 0. The van der Waals surface area contributed by atoms with Crippen LogP contribution in [0.25, 0.3) is 0 Å². The van der Waals surface area contributed by atoms with Crippen LogP contribution in [-0.4, -0.2) is 41.5 Å². The first-order chi connectivity index (χ1) is 7.78. The van der Waals surface area contributed by atoms with Crippen molar-refractivity contribution in [1.82, 2.24) is 15.0 Å². The summed E-state index contributed by atoms with van der Waals surface area (Å²) < 4.78 is 5.11. The van der Waals surface area contributed by atoms with Crippen LogP contribution in [0.2, 0.25) is 0 Å². The van der Waals surface area contributed by atoms with E-state index >= 15 is 0 Å². The quantitative estimate of drug-likeness (QED) is 0.703. The molecule has 1 fully saturated rings. The molecule has 1 aliphatic rings. The highest BCUT2D eigenvalue weighted by Crippen LogP contribution is 2.19. The summed E-state index contributed by atoms with van der Waals surface area (Å²) in [5.74, 6) is 1.81. The third kappa shape index (κ3) is 2.88. The summed E-state index contributed by atoms with van der Waals surface area (Å²) in [4.78, 5) is 16.8. The van der Waals surface area contributed by atoms with Gasteiger partial charge in [-0.2, -0.15) is 4.98 Å². The Morgan fingerprint density at radius 2 is 2.25 bits per heavy atom. The van der Waals surface area contributed by atoms with Gasteiger partial charge in [0.05, 0.1) is 6.42 Å². The molecule has 0 N–H and O–H groups in total. The number of nitrogens with zero attached hydrogens (tertiary/aromatic N) is 3. The topological polar surface area (TPSA) is 59.2 Å². The number of rotatable bonds is 4. The molecule has 5 nitrogen and oxygen atoms in total. The van der Waals surface area contributed by atoms with Crippen LogP contribution in [0.4, 0.5) is 0 Å². The summed E-state index contributed by atoms with van der Waals surface area (Å²) in [7, 11) is 2.14. The molecule has 0 bridgehead atoms. The lowest BCUT2D eigenvalue weighted by molar-refractivity contribution is -0.107. The van der Waals surface area contributed by atoms with Gasteiger partial charge in [-0.15, -0.1) is 0 Å². The first-order valence-corrected chi connectivity index (χ1v) is 5.71. The van der Waals surface area contributed by atoms with Gasteiger partial charge < -0.3 is 14.2 Å². The zero-order chi connectivity index (χ0) is 11.4. The van der Waals surface area contributed by atoms with Crippen LogP contribution in [0.1, 0.15) is 24.6 Å². The zero-order valence-electron chi connectivity index (χ0n) is 9.56. The highest BCUT2D eigenvalue weighted by Gasteiger charge is 2.19. The summed E-state index contributed by atoms with van der Waals surface area (Å²) in [5, 5.41) is 3.76. The van der Waals surface area contributed by atoms with Crippen molar-refractivity contribution >= 4 is 6.29 Å². The van der Waals surface area contributed by atoms with Crippen molar-refractivity contribution in [3.63, 3.8) is 0 Å². The summed E-state index contributed by atoms with van der Waals surface area (Å²) in [6.07, 6.45) is 4.25. The summed E-state index contributed by atoms with van der Waals surface area (Å²) in [6, 6.07) is 0. The number of likely N-dealkylation sites (tertiary alicyclic amines) is 1. The van der Waals surface area contributed by atoms with E-state index in [9.17, 15) is 4.79 Å². The van der Waals surface area contributed by atoms with Crippen LogP contribution in [0.5, 0.6) is 0 Å². The lowest BCUT2D eigenvalue weighted by Gasteiger charge is -2.27. The van der Waals surface area contributed by atoms with E-state index in [1.54, 1.807) is 0 Å². The Morgan fingerprint density at radius 1 is 1.50 bits per heavy atom. The fraction of sp³-hybridized carbons (Fsp3) is 0.727. The SMILES string of the molecule is CN1CCC(Cc2nc(CC=O)no2)CC1. The molecule has 0 saturated carbocycles. The third-order valence-electron chi connectivity index (χ3n) is 3.08. The first-order valence-electron chi connectivity index (χ1n) is 5.71. The highest BCUT2D eigenvalue weighted by molar-refractivity contribution is 5.52. The van der Waals surface area contributed by atoms with Gasteiger partial charge in [-0.05, 0) is 38.9 Å². The maximum atomic E-state index is 10.3. The second kappa shape index (κ2) is 5.21. The van der Waals surface area contributed by atoms with Gasteiger partial charge in [0.25, 0.3) is 0 Å². The van der Waals surface area contributed by atoms with E-state index < -0.39 is 0 Å². The van der Waals surface area contributed by atoms with Crippen molar-refractivity contribution in [3.05, 3.63) is 11.7 Å². The van der Waals surface area contributed by atoms with E-state index in [2.05, 4.69) is 22.1 Å². The van der Waals surface area contributed by atoms with Gasteiger partial charge in [0.2, 0.25) is 5.89 Å². The van der Waals surface area contributed by atoms with Crippen LogP contribution in [0.15, 0.2) is 4.52 Å². The molecular formula is C11H17N3O2. The van der Waals surface area contributed by atoms with Gasteiger partial charge in [-0.1, -0.05) is 5.16 Å². The van der Waals surface area contributed by atoms with Gasteiger partial charge in [0, 0.05) is 6.42 Å². The molecule has 5 heteroatoms. The van der Waals surface area contributed by atoms with Gasteiger partial charge in [0.1, 0.15) is 6.29 Å². The monoisotopic (exact) mass is 223 g/mol. The van der Waals surface area contributed by atoms with Crippen molar-refractivity contribution in [2.75, 3.05) is 20.1 Å². The first kappa shape index (κ1) is 11.3. The lowest BCUT2D eigenvalue weighted by Crippen LogP contribution is -2.30. The van der Waals surface area contributed by atoms with E-state index in [-0.39, 0.29) is 6.42 Å². The molecule has 0 spiro atoms. The molecule has 0 aromatic carbocycles. The van der Waals surface area contributed by atoms with Crippen LogP contribution >= 0.6 is 0 Å². The van der Waals surface area contributed by atoms with Crippen molar-refractivity contribution in [2.45, 2.75) is 25.7 Å². The molecule has 0 aliphatic carbocycles. The van der Waals surface area contributed by atoms with Crippen LogP contribution in [0, 0.1) is 5.92 Å². The van der Waals surface area contributed by atoms with Crippen molar-refractivity contribution < 1.29 is 9.32 Å². The van der Waals surface area contributed by atoms with E-state index in [4.69, 9.17) is 4.52 Å². The fourth-order valence-corrected chi connectivity index (χ4v) is 2.04. The van der Waals surface area contributed by atoms with E-state index in [0.29, 0.717) is 17.6 Å². The van der Waals surface area contributed by atoms with E-state index in [1.165, 1.54) is 12.8 Å². The predicted octanol–water partition coefficient (Wildman–Crippen LogP) is 0.695. The smallest absolute Gasteiger partial charge is 0.226 e. The standard InChI is InChI=1S/C11H17N3O2/c1-14-5-2-9(3-6-14)8-11-12-10(4-7-15)13-16-11/h7,9H,2-6,8H2,1H3. The molecule has 0 radical (unpaired) electrons. The van der Waals surface area contributed by atoms with E-state index in [0.717, 1.165) is 25.8 Å². The highest BCUT2D eigenvalue weighted by atomic mass is 16.5. The number of aromatic nitrogens is 2. The molecule has 1 aliphatic heterocycles. The fourth-order valence-electron chi connectivity index (χ4n) is 2.04. The Hall–Kier alpha value is -1.23. The molecule has 0 atom stereocenters. The van der Waals surface area contributed by atoms with E-state index in [1.807, 2.05) is 0 Å². The molecule has 2 rings (SSSR count). The van der Waals surface area contributed by atoms with Crippen molar-refractivity contribution in [2.24, 2.45) is 5.92 Å². The molecule has 88 valence electrons. The normalized spacial score (nSPS) is 18.8. The van der Waals surface area contributed by atoms with Crippen LogP contribution < -0.4 is 0 Å². The number of piperidine rings is 1. The van der Waals surface area contributed by atoms with Crippen LogP contribution in [0.3, 0.4) is 0 Å². The van der Waals surface area contributed by atoms with Crippen molar-refractivity contribution in [3.8, 4) is 0 Å². The predicted molar refractivity (Wildman–Crippen MR) is 58.0 cm³/mol. The molecule has 1 saturated heterocycles. The molecule has 0 unspecified atom stereocenters. The zero-order valence-corrected chi connectivity index (χ0v) is 9.56. The van der Waals surface area contributed by atoms with Gasteiger partial charge >= 0.3 is 0 Å². The minimum atomic E-state index is 0.247. The Bertz CT molecular complexity index is 343. The second-order valence-corrected chi connectivity index (χ2v) is 4.43. The van der Waals surface area contributed by atoms with Gasteiger partial charge in [-0.3, -0.25) is 0 Å². The average Bonchev–Trinajstić information content (AvgIpc) is 2.70. The third-order valence-corrected chi connectivity index (χ3v) is 3.08. The lowest BCUT2D eigenvalue weighted by atomic mass is 9.94. The van der Waals surface area contributed by atoms with Gasteiger partial charge in [-0.25, -0.2) is 0 Å². The maximum Gasteiger partial charge on any atom is 0.226 e. The minimum absolute atomic E-state index is 0.247. The Morgan fingerprint density at radius 3 is 2.94 bits per heavy atom. The Labute approximate surface area is 94.8 Å². The Balaban J connectivity index is 1.86. The summed E-state index contributed by atoms with van der Waals surface area (Å²) in [6.45, 7) is 2.28. The number of aldehydes is 1. The average molecular weight is 223 g/mol. The second-order valence-electron chi connectivity index (χ2n) is 4.43. The summed E-state index contributed by atoms with van der Waals surface area (Å²) >= 11 is 0. The Kier molecular flexibility index (Phi) is 3.66. The number of carbonyl (C=O) groups excluding carboxylic acids is 1.